The first-order valence-electron chi connectivity index (χ1n) is 7.19. The molecule has 0 radical (unpaired) electrons. The standard InChI is InChI=1S/C16H24N2O2/c1-16(2)11-13(8-9-20-16)18-14-7-5-4-6-12(14)10-15(19)17-3/h4-7,13,18H,8-11H2,1-3H3,(H,17,19). The molecule has 1 atom stereocenters. The van der Waals surface area contributed by atoms with Crippen LogP contribution in [-0.2, 0) is 16.0 Å². The highest BCUT2D eigenvalue weighted by atomic mass is 16.5. The molecule has 1 aliphatic heterocycles. The van der Waals surface area contributed by atoms with Crippen LogP contribution in [0.15, 0.2) is 24.3 Å². The second kappa shape index (κ2) is 6.27. The van der Waals surface area contributed by atoms with Gasteiger partial charge >= 0.3 is 0 Å². The van der Waals surface area contributed by atoms with Crippen LogP contribution in [0.4, 0.5) is 5.69 Å². The Balaban J connectivity index is 2.07. The van der Waals surface area contributed by atoms with Crippen LogP contribution >= 0.6 is 0 Å². The molecular formula is C16H24N2O2. The fourth-order valence-corrected chi connectivity index (χ4v) is 2.65. The van der Waals surface area contributed by atoms with Crippen LogP contribution in [0.3, 0.4) is 0 Å². The van der Waals surface area contributed by atoms with Crippen LogP contribution in [0.1, 0.15) is 32.3 Å². The van der Waals surface area contributed by atoms with E-state index >= 15 is 0 Å². The van der Waals surface area contributed by atoms with Gasteiger partial charge in [0.05, 0.1) is 12.0 Å². The highest BCUT2D eigenvalue weighted by molar-refractivity contribution is 5.80. The Bertz CT molecular complexity index is 471. The molecule has 1 saturated heterocycles. The van der Waals surface area contributed by atoms with Gasteiger partial charge in [0.1, 0.15) is 0 Å². The number of likely N-dealkylation sites (N-methyl/N-ethyl adjacent to an activating group) is 1. The predicted octanol–water partition coefficient (Wildman–Crippen LogP) is 2.34. The molecule has 2 N–H and O–H groups in total. The van der Waals surface area contributed by atoms with Crippen molar-refractivity contribution in [2.75, 3.05) is 19.0 Å². The van der Waals surface area contributed by atoms with Gasteiger partial charge in [0.15, 0.2) is 0 Å². The predicted molar refractivity (Wildman–Crippen MR) is 80.9 cm³/mol. The number of ether oxygens (including phenoxy) is 1. The number of para-hydroxylation sites is 1. The normalized spacial score (nSPS) is 21.2. The number of amides is 1. The number of benzene rings is 1. The summed E-state index contributed by atoms with van der Waals surface area (Å²) in [7, 11) is 1.67. The van der Waals surface area contributed by atoms with Crippen molar-refractivity contribution in [3.05, 3.63) is 29.8 Å². The molecule has 2 rings (SSSR count). The average molecular weight is 276 g/mol. The van der Waals surface area contributed by atoms with E-state index in [0.29, 0.717) is 12.5 Å². The Hall–Kier alpha value is -1.55. The van der Waals surface area contributed by atoms with Crippen LogP contribution in [0.25, 0.3) is 0 Å². The zero-order chi connectivity index (χ0) is 14.6. The van der Waals surface area contributed by atoms with Gasteiger partial charge in [-0.15, -0.1) is 0 Å². The van der Waals surface area contributed by atoms with Gasteiger partial charge in [-0.1, -0.05) is 18.2 Å². The van der Waals surface area contributed by atoms with Crippen molar-refractivity contribution in [3.63, 3.8) is 0 Å². The van der Waals surface area contributed by atoms with E-state index in [1.54, 1.807) is 7.05 Å². The maximum atomic E-state index is 11.6. The largest absolute Gasteiger partial charge is 0.382 e. The molecule has 0 aliphatic carbocycles. The van der Waals surface area contributed by atoms with Crippen LogP contribution in [-0.4, -0.2) is 31.2 Å². The van der Waals surface area contributed by atoms with Crippen molar-refractivity contribution in [2.24, 2.45) is 0 Å². The van der Waals surface area contributed by atoms with Crippen molar-refractivity contribution in [1.82, 2.24) is 5.32 Å². The molecule has 0 spiro atoms. The van der Waals surface area contributed by atoms with E-state index in [2.05, 4.69) is 24.5 Å². The maximum absolute atomic E-state index is 11.6. The van der Waals surface area contributed by atoms with Gasteiger partial charge in [-0.3, -0.25) is 4.79 Å². The van der Waals surface area contributed by atoms with Crippen LogP contribution in [0.5, 0.6) is 0 Å². The Morgan fingerprint density at radius 1 is 1.40 bits per heavy atom. The summed E-state index contributed by atoms with van der Waals surface area (Å²) in [6.07, 6.45) is 2.38. The van der Waals surface area contributed by atoms with Gasteiger partial charge < -0.3 is 15.4 Å². The smallest absolute Gasteiger partial charge is 0.224 e. The third-order valence-electron chi connectivity index (χ3n) is 3.70. The summed E-state index contributed by atoms with van der Waals surface area (Å²) in [4.78, 5) is 11.6. The van der Waals surface area contributed by atoms with Crippen LogP contribution < -0.4 is 10.6 Å². The van der Waals surface area contributed by atoms with E-state index in [4.69, 9.17) is 4.74 Å². The number of rotatable bonds is 4. The second-order valence-corrected chi connectivity index (χ2v) is 5.95. The van der Waals surface area contributed by atoms with E-state index in [9.17, 15) is 4.79 Å². The molecule has 0 bridgehead atoms. The maximum Gasteiger partial charge on any atom is 0.224 e. The Morgan fingerprint density at radius 3 is 2.85 bits per heavy atom. The quantitative estimate of drug-likeness (QED) is 0.887. The average Bonchev–Trinajstić information content (AvgIpc) is 2.39. The van der Waals surface area contributed by atoms with Gasteiger partial charge in [0.25, 0.3) is 0 Å². The molecule has 1 fully saturated rings. The third-order valence-corrected chi connectivity index (χ3v) is 3.70. The molecule has 1 aromatic rings. The Morgan fingerprint density at radius 2 is 2.15 bits per heavy atom. The molecule has 1 aromatic carbocycles. The van der Waals surface area contributed by atoms with Gasteiger partial charge in [0, 0.05) is 25.4 Å². The van der Waals surface area contributed by atoms with Crippen molar-refractivity contribution in [1.29, 1.82) is 0 Å². The van der Waals surface area contributed by atoms with Crippen molar-refractivity contribution in [2.45, 2.75) is 44.8 Å². The number of hydrogen-bond acceptors (Lipinski definition) is 3. The minimum atomic E-state index is -0.0777. The van der Waals surface area contributed by atoms with E-state index in [1.807, 2.05) is 24.3 Å². The minimum absolute atomic E-state index is 0.0338. The molecule has 1 amide bonds. The topological polar surface area (TPSA) is 50.4 Å². The Kier molecular flexibility index (Phi) is 4.65. The lowest BCUT2D eigenvalue weighted by Gasteiger charge is -2.36. The molecule has 1 aliphatic rings. The van der Waals surface area contributed by atoms with Gasteiger partial charge in [-0.25, -0.2) is 0 Å². The van der Waals surface area contributed by atoms with E-state index in [0.717, 1.165) is 30.7 Å². The lowest BCUT2D eigenvalue weighted by atomic mass is 9.93. The minimum Gasteiger partial charge on any atom is -0.382 e. The van der Waals surface area contributed by atoms with Crippen LogP contribution in [0.2, 0.25) is 0 Å². The molecule has 4 heteroatoms. The van der Waals surface area contributed by atoms with Crippen molar-refractivity contribution < 1.29 is 9.53 Å². The number of carbonyl (C=O) groups excluding carboxylic acids is 1. The van der Waals surface area contributed by atoms with Gasteiger partial charge in [0.2, 0.25) is 5.91 Å². The molecule has 20 heavy (non-hydrogen) atoms. The summed E-state index contributed by atoms with van der Waals surface area (Å²) in [6, 6.07) is 8.41. The SMILES string of the molecule is CNC(=O)Cc1ccccc1NC1CCOC(C)(C)C1. The molecule has 110 valence electrons. The number of carbonyl (C=O) groups is 1. The monoisotopic (exact) mass is 276 g/mol. The van der Waals surface area contributed by atoms with E-state index in [1.165, 1.54) is 0 Å². The van der Waals surface area contributed by atoms with Crippen LogP contribution in [0, 0.1) is 0 Å². The fraction of sp³-hybridized carbons (Fsp3) is 0.562. The third kappa shape index (κ3) is 3.97. The summed E-state index contributed by atoms with van der Waals surface area (Å²) in [5.74, 6) is 0.0338. The molecular weight excluding hydrogens is 252 g/mol. The second-order valence-electron chi connectivity index (χ2n) is 5.95. The number of anilines is 1. The highest BCUT2D eigenvalue weighted by Crippen LogP contribution is 2.27. The molecule has 4 nitrogen and oxygen atoms in total. The zero-order valence-electron chi connectivity index (χ0n) is 12.5. The van der Waals surface area contributed by atoms with Gasteiger partial charge in [-0.05, 0) is 38.3 Å². The van der Waals surface area contributed by atoms with Crippen molar-refractivity contribution >= 4 is 11.6 Å². The summed E-state index contributed by atoms with van der Waals surface area (Å²) >= 11 is 0. The summed E-state index contributed by atoms with van der Waals surface area (Å²) in [6.45, 7) is 5.02. The summed E-state index contributed by atoms with van der Waals surface area (Å²) < 4.78 is 5.74. The summed E-state index contributed by atoms with van der Waals surface area (Å²) in [5.41, 5.74) is 2.01. The first kappa shape index (κ1) is 14.9. The van der Waals surface area contributed by atoms with E-state index in [-0.39, 0.29) is 11.5 Å². The lowest BCUT2D eigenvalue weighted by Crippen LogP contribution is -2.40. The highest BCUT2D eigenvalue weighted by Gasteiger charge is 2.28. The zero-order valence-corrected chi connectivity index (χ0v) is 12.5. The fourth-order valence-electron chi connectivity index (χ4n) is 2.65. The van der Waals surface area contributed by atoms with Gasteiger partial charge in [-0.2, -0.15) is 0 Å². The molecule has 1 heterocycles. The number of nitrogens with one attached hydrogen (secondary N) is 2. The molecule has 1 unspecified atom stereocenters. The van der Waals surface area contributed by atoms with Crippen molar-refractivity contribution in [3.8, 4) is 0 Å². The Labute approximate surface area is 120 Å². The first-order chi connectivity index (χ1) is 9.50. The summed E-state index contributed by atoms with van der Waals surface area (Å²) in [5, 5.41) is 6.25. The lowest BCUT2D eigenvalue weighted by molar-refractivity contribution is -0.119. The van der Waals surface area contributed by atoms with E-state index < -0.39 is 0 Å². The molecule has 0 aromatic heterocycles. The first-order valence-corrected chi connectivity index (χ1v) is 7.19. The molecule has 0 saturated carbocycles. The number of hydrogen-bond donors (Lipinski definition) is 2.